The molecule has 0 aliphatic carbocycles. The van der Waals surface area contributed by atoms with Gasteiger partial charge in [0, 0.05) is 24.7 Å². The lowest BCUT2D eigenvalue weighted by molar-refractivity contribution is -0.384. The van der Waals surface area contributed by atoms with Gasteiger partial charge in [-0.05, 0) is 24.3 Å². The molecule has 0 unspecified atom stereocenters. The van der Waals surface area contributed by atoms with E-state index in [9.17, 15) is 18.5 Å². The lowest BCUT2D eigenvalue weighted by Gasteiger charge is -2.18. The van der Waals surface area contributed by atoms with Crippen LogP contribution in [0.4, 0.5) is 11.4 Å². The second-order valence-electron chi connectivity index (χ2n) is 5.64. The van der Waals surface area contributed by atoms with Crippen molar-refractivity contribution in [2.45, 2.75) is 18.7 Å². The van der Waals surface area contributed by atoms with Crippen LogP contribution in [0, 0.1) is 10.1 Å². The largest absolute Gasteiger partial charge is 0.496 e. The quantitative estimate of drug-likeness (QED) is 0.389. The number of hydrogen-bond acceptors (Lipinski definition) is 7. The Bertz CT molecular complexity index is 972. The van der Waals surface area contributed by atoms with Crippen LogP contribution in [0.2, 0.25) is 0 Å². The number of hydrazone groups is 1. The number of nitro groups is 1. The molecule has 0 spiro atoms. The van der Waals surface area contributed by atoms with Crippen molar-refractivity contribution in [3.05, 3.63) is 58.1 Å². The summed E-state index contributed by atoms with van der Waals surface area (Å²) in [6.07, 6.45) is 1.46. The zero-order valence-electron chi connectivity index (χ0n) is 15.8. The number of sulfonamides is 1. The fourth-order valence-electron chi connectivity index (χ4n) is 2.57. The van der Waals surface area contributed by atoms with Crippen LogP contribution in [0.3, 0.4) is 0 Å². The van der Waals surface area contributed by atoms with Gasteiger partial charge in [0.25, 0.3) is 5.69 Å². The maximum absolute atomic E-state index is 12.6. The van der Waals surface area contributed by atoms with E-state index in [4.69, 9.17) is 4.74 Å². The van der Waals surface area contributed by atoms with Crippen molar-refractivity contribution in [2.75, 3.05) is 25.6 Å². The van der Waals surface area contributed by atoms with E-state index >= 15 is 0 Å². The summed E-state index contributed by atoms with van der Waals surface area (Å²) in [5.41, 5.74) is 2.97. The minimum Gasteiger partial charge on any atom is -0.496 e. The average Bonchev–Trinajstić information content (AvgIpc) is 2.69. The highest BCUT2D eigenvalue weighted by molar-refractivity contribution is 7.89. The van der Waals surface area contributed by atoms with Crippen molar-refractivity contribution in [1.82, 2.24) is 4.31 Å². The summed E-state index contributed by atoms with van der Waals surface area (Å²) in [6, 6.07) is 10.8. The fourth-order valence-corrected chi connectivity index (χ4v) is 4.05. The van der Waals surface area contributed by atoms with Crippen LogP contribution in [-0.4, -0.2) is 44.1 Å². The number of nitro benzene ring substituents is 1. The van der Waals surface area contributed by atoms with Crippen molar-refractivity contribution < 1.29 is 18.1 Å². The van der Waals surface area contributed by atoms with Gasteiger partial charge in [0.2, 0.25) is 10.0 Å². The zero-order valence-corrected chi connectivity index (χ0v) is 16.6. The van der Waals surface area contributed by atoms with Gasteiger partial charge in [0.1, 0.15) is 11.4 Å². The molecule has 0 atom stereocenters. The van der Waals surface area contributed by atoms with E-state index < -0.39 is 14.9 Å². The van der Waals surface area contributed by atoms with E-state index in [-0.39, 0.29) is 29.4 Å². The van der Waals surface area contributed by atoms with Gasteiger partial charge in [0.15, 0.2) is 0 Å². The highest BCUT2D eigenvalue weighted by Crippen LogP contribution is 2.29. The summed E-state index contributed by atoms with van der Waals surface area (Å²) in [4.78, 5) is 10.6. The highest BCUT2D eigenvalue weighted by atomic mass is 32.2. The Morgan fingerprint density at radius 3 is 2.50 bits per heavy atom. The number of hydrogen-bond donors (Lipinski definition) is 1. The number of anilines is 1. The van der Waals surface area contributed by atoms with Gasteiger partial charge in [-0.2, -0.15) is 9.41 Å². The van der Waals surface area contributed by atoms with Gasteiger partial charge in [-0.15, -0.1) is 0 Å². The summed E-state index contributed by atoms with van der Waals surface area (Å²) in [7, 11) is -2.27. The van der Waals surface area contributed by atoms with Gasteiger partial charge < -0.3 is 4.74 Å². The molecule has 1 N–H and O–H groups in total. The smallest absolute Gasteiger partial charge is 0.295 e. The monoisotopic (exact) mass is 406 g/mol. The van der Waals surface area contributed by atoms with Crippen LogP contribution in [0.25, 0.3) is 0 Å². The molecule has 0 fully saturated rings. The molecular formula is C18H22N4O5S. The van der Waals surface area contributed by atoms with Gasteiger partial charge in [-0.3, -0.25) is 15.5 Å². The van der Waals surface area contributed by atoms with Gasteiger partial charge in [-0.25, -0.2) is 8.42 Å². The first-order valence-corrected chi connectivity index (χ1v) is 9.99. The molecule has 0 radical (unpaired) electrons. The van der Waals surface area contributed by atoms with Crippen molar-refractivity contribution in [2.24, 2.45) is 5.10 Å². The molecule has 0 aliphatic heterocycles. The Balaban J connectivity index is 2.33. The highest BCUT2D eigenvalue weighted by Gasteiger charge is 2.25. The molecule has 9 nitrogen and oxygen atoms in total. The topological polar surface area (TPSA) is 114 Å². The molecule has 0 amide bonds. The standard InChI is InChI=1S/C18H22N4O5S/c1-4-21(5-2)28(25,26)15-10-11-16(17(12-15)22(23)24)20-19-13-14-8-6-7-9-18(14)27-3/h6-13,20H,4-5H2,1-3H3/b19-13-. The molecule has 2 aromatic carbocycles. The normalized spacial score (nSPS) is 11.7. The van der Waals surface area contributed by atoms with Crippen LogP contribution in [0.15, 0.2) is 52.5 Å². The molecule has 10 heteroatoms. The van der Waals surface area contributed by atoms with E-state index in [1.807, 2.05) is 6.07 Å². The third-order valence-electron chi connectivity index (χ3n) is 4.04. The minimum atomic E-state index is -3.80. The average molecular weight is 406 g/mol. The van der Waals surface area contributed by atoms with Crippen LogP contribution < -0.4 is 10.2 Å². The van der Waals surface area contributed by atoms with Crippen LogP contribution >= 0.6 is 0 Å². The Hall–Kier alpha value is -2.98. The zero-order chi connectivity index (χ0) is 20.7. The van der Waals surface area contributed by atoms with Gasteiger partial charge >= 0.3 is 0 Å². The lowest BCUT2D eigenvalue weighted by Crippen LogP contribution is -2.30. The molecule has 0 bridgehead atoms. The molecule has 0 saturated carbocycles. The van der Waals surface area contributed by atoms with E-state index in [0.29, 0.717) is 11.3 Å². The number of nitrogens with zero attached hydrogens (tertiary/aromatic N) is 3. The van der Waals surface area contributed by atoms with E-state index in [2.05, 4.69) is 10.5 Å². The molecule has 0 heterocycles. The fraction of sp³-hybridized carbons (Fsp3) is 0.278. The molecule has 150 valence electrons. The van der Waals surface area contributed by atoms with E-state index in [0.717, 1.165) is 6.07 Å². The van der Waals surface area contributed by atoms with Crippen LogP contribution in [0.5, 0.6) is 5.75 Å². The summed E-state index contributed by atoms with van der Waals surface area (Å²) in [5.74, 6) is 0.600. The molecule has 0 saturated heterocycles. The number of ether oxygens (including phenoxy) is 1. The number of methoxy groups -OCH3 is 1. The third-order valence-corrected chi connectivity index (χ3v) is 6.08. The van der Waals surface area contributed by atoms with Crippen LogP contribution in [-0.2, 0) is 10.0 Å². The molecule has 0 aromatic heterocycles. The summed E-state index contributed by atoms with van der Waals surface area (Å²) >= 11 is 0. The minimum absolute atomic E-state index is 0.0784. The second-order valence-corrected chi connectivity index (χ2v) is 7.58. The maximum Gasteiger partial charge on any atom is 0.295 e. The SMILES string of the molecule is CCN(CC)S(=O)(=O)c1ccc(N/N=C\c2ccccc2OC)c([N+](=O)[O-])c1. The molecule has 2 aromatic rings. The third kappa shape index (κ3) is 4.65. The maximum atomic E-state index is 12.6. The number of rotatable bonds is 9. The van der Waals surface area contributed by atoms with Crippen LogP contribution in [0.1, 0.15) is 19.4 Å². The first kappa shape index (κ1) is 21.3. The predicted molar refractivity (Wildman–Crippen MR) is 107 cm³/mol. The first-order chi connectivity index (χ1) is 13.3. The Labute approximate surface area is 163 Å². The predicted octanol–water partition coefficient (Wildman–Crippen LogP) is 3.08. The Kier molecular flexibility index (Phi) is 7.07. The molecule has 2 rings (SSSR count). The molecular weight excluding hydrogens is 384 g/mol. The van der Waals surface area contributed by atoms with Crippen molar-refractivity contribution in [1.29, 1.82) is 0 Å². The van der Waals surface area contributed by atoms with Gasteiger partial charge in [0.05, 0.1) is 23.1 Å². The van der Waals surface area contributed by atoms with Gasteiger partial charge in [-0.1, -0.05) is 26.0 Å². The Morgan fingerprint density at radius 1 is 1.21 bits per heavy atom. The Morgan fingerprint density at radius 2 is 1.89 bits per heavy atom. The summed E-state index contributed by atoms with van der Waals surface area (Å²) in [6.45, 7) is 3.96. The summed E-state index contributed by atoms with van der Waals surface area (Å²) in [5, 5.41) is 15.4. The number of benzene rings is 2. The molecule has 28 heavy (non-hydrogen) atoms. The second kappa shape index (κ2) is 9.29. The number of nitrogens with one attached hydrogen (secondary N) is 1. The molecule has 0 aliphatic rings. The van der Waals surface area contributed by atoms with E-state index in [1.165, 1.54) is 29.8 Å². The van der Waals surface area contributed by atoms with E-state index in [1.54, 1.807) is 32.0 Å². The summed E-state index contributed by atoms with van der Waals surface area (Å²) < 4.78 is 31.6. The first-order valence-electron chi connectivity index (χ1n) is 8.55. The van der Waals surface area contributed by atoms with Crippen molar-refractivity contribution >= 4 is 27.6 Å². The van der Waals surface area contributed by atoms with Crippen molar-refractivity contribution in [3.8, 4) is 5.75 Å². The number of para-hydroxylation sites is 1. The lowest BCUT2D eigenvalue weighted by atomic mass is 10.2. The van der Waals surface area contributed by atoms with Crippen molar-refractivity contribution in [3.63, 3.8) is 0 Å².